The molecule has 120 valence electrons. The predicted molar refractivity (Wildman–Crippen MR) is 91.7 cm³/mol. The Balaban J connectivity index is 1.47. The number of nitrogens with zero attached hydrogens (tertiary/aromatic N) is 5. The molecule has 6 heteroatoms. The van der Waals surface area contributed by atoms with E-state index in [0.717, 1.165) is 24.3 Å². The van der Waals surface area contributed by atoms with E-state index >= 15 is 0 Å². The quantitative estimate of drug-likeness (QED) is 0.734. The first-order valence-electron chi connectivity index (χ1n) is 7.93. The van der Waals surface area contributed by atoms with Crippen molar-refractivity contribution >= 4 is 5.69 Å². The van der Waals surface area contributed by atoms with Crippen molar-refractivity contribution in [3.63, 3.8) is 0 Å². The molecule has 4 rings (SSSR count). The van der Waals surface area contributed by atoms with Gasteiger partial charge in [0.05, 0.1) is 12.2 Å². The average Bonchev–Trinajstić information content (AvgIpc) is 2.60. The summed E-state index contributed by atoms with van der Waals surface area (Å²) in [5, 5.41) is 4.50. The Labute approximate surface area is 139 Å². The first-order valence-corrected chi connectivity index (χ1v) is 7.93. The Bertz CT molecular complexity index is 873. The van der Waals surface area contributed by atoms with Crippen LogP contribution < -0.4 is 10.5 Å². The first-order chi connectivity index (χ1) is 11.8. The molecule has 24 heavy (non-hydrogen) atoms. The van der Waals surface area contributed by atoms with Gasteiger partial charge in [0.15, 0.2) is 0 Å². The number of hydrogen-bond acceptors (Lipinski definition) is 5. The summed E-state index contributed by atoms with van der Waals surface area (Å²) in [5.74, 6) is 0.424. The van der Waals surface area contributed by atoms with E-state index in [9.17, 15) is 4.79 Å². The third kappa shape index (κ3) is 2.90. The third-order valence-corrected chi connectivity index (χ3v) is 4.24. The van der Waals surface area contributed by atoms with Crippen molar-refractivity contribution in [3.05, 3.63) is 71.5 Å². The van der Waals surface area contributed by atoms with Crippen molar-refractivity contribution < 1.29 is 0 Å². The minimum Gasteiger partial charge on any atom is -0.371 e. The van der Waals surface area contributed by atoms with Crippen LogP contribution >= 0.6 is 0 Å². The van der Waals surface area contributed by atoms with Gasteiger partial charge in [-0.15, -0.1) is 0 Å². The smallest absolute Gasteiger partial charge is 0.266 e. The van der Waals surface area contributed by atoms with Gasteiger partial charge in [0, 0.05) is 61.1 Å². The molecule has 3 aromatic heterocycles. The monoisotopic (exact) mass is 319 g/mol. The Hall–Kier alpha value is -3.02. The van der Waals surface area contributed by atoms with E-state index in [1.807, 2.05) is 24.3 Å². The molecule has 0 bridgehead atoms. The standard InChI is InChI=1S/C18H17N5O/c24-18-4-3-17(15-2-1-7-20-10-15)21-23(18)13-14-11-22(12-14)16-5-8-19-9-6-16/h1-10,14H,11-13H2. The second-order valence-electron chi connectivity index (χ2n) is 5.96. The lowest BCUT2D eigenvalue weighted by atomic mass is 9.99. The van der Waals surface area contributed by atoms with Gasteiger partial charge in [-0.25, -0.2) is 4.68 Å². The molecule has 4 heterocycles. The molecule has 3 aromatic rings. The molecule has 0 aliphatic carbocycles. The molecule has 0 spiro atoms. The zero-order valence-corrected chi connectivity index (χ0v) is 13.1. The minimum atomic E-state index is -0.0648. The van der Waals surface area contributed by atoms with Crippen LogP contribution in [0.25, 0.3) is 11.3 Å². The van der Waals surface area contributed by atoms with Gasteiger partial charge in [-0.3, -0.25) is 14.8 Å². The molecule has 0 saturated carbocycles. The summed E-state index contributed by atoms with van der Waals surface area (Å²) >= 11 is 0. The van der Waals surface area contributed by atoms with Crippen LogP contribution in [0.1, 0.15) is 0 Å². The summed E-state index contributed by atoms with van der Waals surface area (Å²) in [6.07, 6.45) is 7.07. The summed E-state index contributed by atoms with van der Waals surface area (Å²) in [5.41, 5.74) is 2.79. The fourth-order valence-electron chi connectivity index (χ4n) is 2.94. The van der Waals surface area contributed by atoms with Gasteiger partial charge in [-0.2, -0.15) is 5.10 Å². The number of pyridine rings is 2. The number of anilines is 1. The van der Waals surface area contributed by atoms with E-state index in [2.05, 4.69) is 20.0 Å². The van der Waals surface area contributed by atoms with Crippen LogP contribution in [0.5, 0.6) is 0 Å². The summed E-state index contributed by atoms with van der Waals surface area (Å²) in [4.78, 5) is 22.5. The molecule has 0 aromatic carbocycles. The predicted octanol–water partition coefficient (Wildman–Crippen LogP) is 1.84. The number of rotatable bonds is 4. The SMILES string of the molecule is O=c1ccc(-c2cccnc2)nn1CC1CN(c2ccncc2)C1. The van der Waals surface area contributed by atoms with Crippen LogP contribution in [0.15, 0.2) is 66.0 Å². The molecule has 0 unspecified atom stereocenters. The highest BCUT2D eigenvalue weighted by Gasteiger charge is 2.27. The highest BCUT2D eigenvalue weighted by molar-refractivity contribution is 5.56. The van der Waals surface area contributed by atoms with Crippen LogP contribution in [0, 0.1) is 5.92 Å². The van der Waals surface area contributed by atoms with Gasteiger partial charge in [0.2, 0.25) is 0 Å². The molecule has 0 atom stereocenters. The van der Waals surface area contributed by atoms with E-state index in [1.54, 1.807) is 41.6 Å². The maximum absolute atomic E-state index is 12.1. The van der Waals surface area contributed by atoms with Crippen LogP contribution in [-0.2, 0) is 6.54 Å². The molecule has 0 radical (unpaired) electrons. The van der Waals surface area contributed by atoms with Crippen molar-refractivity contribution in [1.29, 1.82) is 0 Å². The van der Waals surface area contributed by atoms with Gasteiger partial charge < -0.3 is 4.90 Å². The van der Waals surface area contributed by atoms with E-state index in [4.69, 9.17) is 0 Å². The fourth-order valence-corrected chi connectivity index (χ4v) is 2.94. The number of hydrogen-bond donors (Lipinski definition) is 0. The third-order valence-electron chi connectivity index (χ3n) is 4.24. The lowest BCUT2D eigenvalue weighted by Gasteiger charge is -2.41. The lowest BCUT2D eigenvalue weighted by Crippen LogP contribution is -2.49. The summed E-state index contributed by atoms with van der Waals surface area (Å²) in [6, 6.07) is 11.1. The topological polar surface area (TPSA) is 63.9 Å². The Kier molecular flexibility index (Phi) is 3.78. The molecule has 0 amide bonds. The molecule has 0 N–H and O–H groups in total. The number of aromatic nitrogens is 4. The van der Waals surface area contributed by atoms with E-state index in [1.165, 1.54) is 5.69 Å². The Morgan fingerprint density at radius 1 is 1.00 bits per heavy atom. The van der Waals surface area contributed by atoms with Crippen molar-refractivity contribution in [1.82, 2.24) is 19.7 Å². The van der Waals surface area contributed by atoms with Crippen LogP contribution in [0.2, 0.25) is 0 Å². The largest absolute Gasteiger partial charge is 0.371 e. The maximum atomic E-state index is 12.1. The fraction of sp³-hybridized carbons (Fsp3) is 0.222. The van der Waals surface area contributed by atoms with Crippen LogP contribution in [-0.4, -0.2) is 32.8 Å². The molecule has 1 fully saturated rings. The zero-order valence-electron chi connectivity index (χ0n) is 13.1. The van der Waals surface area contributed by atoms with Gasteiger partial charge in [-0.05, 0) is 30.3 Å². The second kappa shape index (κ2) is 6.23. The van der Waals surface area contributed by atoms with Gasteiger partial charge in [0.1, 0.15) is 0 Å². The minimum absolute atomic E-state index is 0.0648. The average molecular weight is 319 g/mol. The molecule has 1 saturated heterocycles. The molecular formula is C18H17N5O. The second-order valence-corrected chi connectivity index (χ2v) is 5.96. The summed E-state index contributed by atoms with van der Waals surface area (Å²) in [6.45, 7) is 2.49. The molecule has 1 aliphatic rings. The van der Waals surface area contributed by atoms with E-state index in [-0.39, 0.29) is 5.56 Å². The maximum Gasteiger partial charge on any atom is 0.266 e. The Morgan fingerprint density at radius 2 is 1.83 bits per heavy atom. The van der Waals surface area contributed by atoms with Crippen molar-refractivity contribution in [2.45, 2.75) is 6.54 Å². The molecule has 1 aliphatic heterocycles. The summed E-state index contributed by atoms with van der Waals surface area (Å²) in [7, 11) is 0. The van der Waals surface area contributed by atoms with E-state index < -0.39 is 0 Å². The normalized spacial score (nSPS) is 14.4. The van der Waals surface area contributed by atoms with Crippen molar-refractivity contribution in [3.8, 4) is 11.3 Å². The molecular weight excluding hydrogens is 302 g/mol. The van der Waals surface area contributed by atoms with E-state index in [0.29, 0.717) is 12.5 Å². The van der Waals surface area contributed by atoms with Crippen molar-refractivity contribution in [2.75, 3.05) is 18.0 Å². The highest BCUT2D eigenvalue weighted by atomic mass is 16.1. The summed E-state index contributed by atoms with van der Waals surface area (Å²) < 4.78 is 1.57. The first kappa shape index (κ1) is 14.6. The van der Waals surface area contributed by atoms with Gasteiger partial charge in [0.25, 0.3) is 5.56 Å². The van der Waals surface area contributed by atoms with Gasteiger partial charge in [-0.1, -0.05) is 0 Å². The zero-order chi connectivity index (χ0) is 16.4. The highest BCUT2D eigenvalue weighted by Crippen LogP contribution is 2.24. The van der Waals surface area contributed by atoms with Gasteiger partial charge >= 0.3 is 0 Å². The molecule has 6 nitrogen and oxygen atoms in total. The van der Waals surface area contributed by atoms with Crippen molar-refractivity contribution in [2.24, 2.45) is 5.92 Å². The lowest BCUT2D eigenvalue weighted by molar-refractivity contribution is 0.335. The van der Waals surface area contributed by atoms with Crippen LogP contribution in [0.4, 0.5) is 5.69 Å². The Morgan fingerprint density at radius 3 is 2.58 bits per heavy atom. The van der Waals surface area contributed by atoms with Crippen LogP contribution in [0.3, 0.4) is 0 Å².